The van der Waals surface area contributed by atoms with E-state index in [1.807, 2.05) is 24.3 Å². The van der Waals surface area contributed by atoms with Crippen LogP contribution in [0.2, 0.25) is 0 Å². The molecule has 2 unspecified atom stereocenters. The fourth-order valence-electron chi connectivity index (χ4n) is 3.25. The molecule has 0 bridgehead atoms. The molecule has 2 nitrogen and oxygen atoms in total. The number of benzene rings is 2. The minimum Gasteiger partial charge on any atom is -0.385 e. The molecule has 0 heterocycles. The average molecular weight is 267 g/mol. The first-order chi connectivity index (χ1) is 9.49. The Balaban J connectivity index is 1.96. The maximum absolute atomic E-state index is 11.0. The van der Waals surface area contributed by atoms with Crippen LogP contribution in [0.25, 0.3) is 0 Å². The predicted octanol–water partition coefficient (Wildman–Crippen LogP) is 3.14. The molecule has 0 amide bonds. The van der Waals surface area contributed by atoms with Crippen molar-refractivity contribution in [1.82, 2.24) is 0 Å². The largest absolute Gasteiger partial charge is 0.385 e. The number of nitrogens with two attached hydrogens (primary N) is 1. The standard InChI is InChI=1S/C18H21NO/c1-12-7-8-14(9-13(12)2)10-18(20)11-17(19)15-5-3-4-6-16(15)18/h3-9,17,20H,10-11,19H2,1-2H3. The van der Waals surface area contributed by atoms with E-state index in [9.17, 15) is 5.11 Å². The van der Waals surface area contributed by atoms with Gasteiger partial charge in [0.15, 0.2) is 0 Å². The zero-order valence-electron chi connectivity index (χ0n) is 12.1. The minimum absolute atomic E-state index is 0.0669. The highest BCUT2D eigenvalue weighted by molar-refractivity contribution is 5.42. The summed E-state index contributed by atoms with van der Waals surface area (Å²) < 4.78 is 0. The van der Waals surface area contributed by atoms with Crippen molar-refractivity contribution in [3.63, 3.8) is 0 Å². The highest BCUT2D eigenvalue weighted by Gasteiger charge is 2.40. The Kier molecular flexibility index (Phi) is 3.15. The van der Waals surface area contributed by atoms with Crippen LogP contribution in [0.1, 0.15) is 40.3 Å². The summed E-state index contributed by atoms with van der Waals surface area (Å²) >= 11 is 0. The summed E-state index contributed by atoms with van der Waals surface area (Å²) in [6, 6.07) is 14.3. The number of hydrogen-bond donors (Lipinski definition) is 2. The molecule has 0 saturated carbocycles. The molecule has 2 atom stereocenters. The monoisotopic (exact) mass is 267 g/mol. The first kappa shape index (κ1) is 13.3. The van der Waals surface area contributed by atoms with Crippen LogP contribution in [0.3, 0.4) is 0 Å². The Labute approximate surface area is 120 Å². The van der Waals surface area contributed by atoms with E-state index in [4.69, 9.17) is 5.73 Å². The smallest absolute Gasteiger partial charge is 0.0958 e. The number of fused-ring (bicyclic) bond motifs is 1. The molecule has 3 N–H and O–H groups in total. The molecule has 1 aliphatic carbocycles. The molecule has 0 aromatic heterocycles. The first-order valence-corrected chi connectivity index (χ1v) is 7.13. The van der Waals surface area contributed by atoms with Gasteiger partial charge in [-0.2, -0.15) is 0 Å². The number of aryl methyl sites for hydroxylation is 2. The highest BCUT2D eigenvalue weighted by Crippen LogP contribution is 2.43. The van der Waals surface area contributed by atoms with E-state index >= 15 is 0 Å². The SMILES string of the molecule is Cc1ccc(CC2(O)CC(N)c3ccccc32)cc1C. The van der Waals surface area contributed by atoms with Gasteiger partial charge in [0.2, 0.25) is 0 Å². The molecular formula is C18H21NO. The Bertz CT molecular complexity index is 650. The second kappa shape index (κ2) is 4.72. The Morgan fingerprint density at radius 3 is 2.65 bits per heavy atom. The molecule has 0 saturated heterocycles. The van der Waals surface area contributed by atoms with Gasteiger partial charge in [0.1, 0.15) is 0 Å². The van der Waals surface area contributed by atoms with Crippen molar-refractivity contribution in [1.29, 1.82) is 0 Å². The zero-order chi connectivity index (χ0) is 14.3. The summed E-state index contributed by atoms with van der Waals surface area (Å²) in [7, 11) is 0. The van der Waals surface area contributed by atoms with Crippen molar-refractivity contribution in [3.05, 3.63) is 70.3 Å². The van der Waals surface area contributed by atoms with E-state index < -0.39 is 5.60 Å². The van der Waals surface area contributed by atoms with Gasteiger partial charge in [-0.3, -0.25) is 0 Å². The summed E-state index contributed by atoms with van der Waals surface area (Å²) in [6.07, 6.45) is 1.22. The quantitative estimate of drug-likeness (QED) is 0.878. The van der Waals surface area contributed by atoms with Crippen molar-refractivity contribution in [2.45, 2.75) is 38.3 Å². The van der Waals surface area contributed by atoms with Gasteiger partial charge < -0.3 is 10.8 Å². The van der Waals surface area contributed by atoms with Gasteiger partial charge >= 0.3 is 0 Å². The third-order valence-corrected chi connectivity index (χ3v) is 4.49. The average Bonchev–Trinajstić information content (AvgIpc) is 2.67. The van der Waals surface area contributed by atoms with Crippen molar-refractivity contribution in [3.8, 4) is 0 Å². The second-order valence-electron chi connectivity index (χ2n) is 6.02. The third kappa shape index (κ3) is 2.15. The lowest BCUT2D eigenvalue weighted by Gasteiger charge is -2.24. The van der Waals surface area contributed by atoms with Crippen LogP contribution >= 0.6 is 0 Å². The van der Waals surface area contributed by atoms with Crippen LogP contribution in [-0.4, -0.2) is 5.11 Å². The van der Waals surface area contributed by atoms with Crippen molar-refractivity contribution >= 4 is 0 Å². The zero-order valence-corrected chi connectivity index (χ0v) is 12.1. The topological polar surface area (TPSA) is 46.2 Å². The molecule has 0 radical (unpaired) electrons. The van der Waals surface area contributed by atoms with Crippen LogP contribution in [0.5, 0.6) is 0 Å². The Morgan fingerprint density at radius 1 is 1.15 bits per heavy atom. The molecular weight excluding hydrogens is 246 g/mol. The van der Waals surface area contributed by atoms with Crippen LogP contribution < -0.4 is 5.73 Å². The number of aliphatic hydroxyl groups is 1. The van der Waals surface area contributed by atoms with Gasteiger partial charge in [-0.15, -0.1) is 0 Å². The van der Waals surface area contributed by atoms with Crippen LogP contribution in [0, 0.1) is 13.8 Å². The molecule has 0 fully saturated rings. The summed E-state index contributed by atoms with van der Waals surface area (Å²) in [5.74, 6) is 0. The lowest BCUT2D eigenvalue weighted by Crippen LogP contribution is -2.26. The molecule has 1 aliphatic rings. The van der Waals surface area contributed by atoms with Crippen molar-refractivity contribution < 1.29 is 5.11 Å². The van der Waals surface area contributed by atoms with Crippen LogP contribution in [-0.2, 0) is 12.0 Å². The fourth-order valence-corrected chi connectivity index (χ4v) is 3.25. The fraction of sp³-hybridized carbons (Fsp3) is 0.333. The lowest BCUT2D eigenvalue weighted by molar-refractivity contribution is 0.0342. The summed E-state index contributed by atoms with van der Waals surface area (Å²) in [6.45, 7) is 4.21. The lowest BCUT2D eigenvalue weighted by atomic mass is 9.88. The highest BCUT2D eigenvalue weighted by atomic mass is 16.3. The van der Waals surface area contributed by atoms with Gasteiger partial charge in [0, 0.05) is 12.5 Å². The van der Waals surface area contributed by atoms with Gasteiger partial charge in [0.05, 0.1) is 5.60 Å². The summed E-state index contributed by atoms with van der Waals surface area (Å²) in [4.78, 5) is 0. The molecule has 3 rings (SSSR count). The van der Waals surface area contributed by atoms with Gasteiger partial charge in [0.25, 0.3) is 0 Å². The van der Waals surface area contributed by atoms with Crippen molar-refractivity contribution in [2.75, 3.05) is 0 Å². The predicted molar refractivity (Wildman–Crippen MR) is 81.5 cm³/mol. The van der Waals surface area contributed by atoms with E-state index in [0.29, 0.717) is 12.8 Å². The van der Waals surface area contributed by atoms with E-state index in [1.165, 1.54) is 16.7 Å². The van der Waals surface area contributed by atoms with Gasteiger partial charge in [-0.1, -0.05) is 42.5 Å². The maximum Gasteiger partial charge on any atom is 0.0958 e. The summed E-state index contributed by atoms with van der Waals surface area (Å²) in [5, 5.41) is 11.0. The first-order valence-electron chi connectivity index (χ1n) is 7.13. The van der Waals surface area contributed by atoms with Crippen molar-refractivity contribution in [2.24, 2.45) is 5.73 Å². The van der Waals surface area contributed by atoms with Crippen LogP contribution in [0.15, 0.2) is 42.5 Å². The molecule has 2 aromatic rings. The Hall–Kier alpha value is -1.64. The van der Waals surface area contributed by atoms with E-state index in [2.05, 4.69) is 32.0 Å². The normalized spacial score (nSPS) is 24.7. The maximum atomic E-state index is 11.0. The van der Waals surface area contributed by atoms with E-state index in [-0.39, 0.29) is 6.04 Å². The van der Waals surface area contributed by atoms with Crippen LogP contribution in [0.4, 0.5) is 0 Å². The van der Waals surface area contributed by atoms with E-state index in [1.54, 1.807) is 0 Å². The molecule has 0 aliphatic heterocycles. The van der Waals surface area contributed by atoms with Gasteiger partial charge in [-0.05, 0) is 48.1 Å². The third-order valence-electron chi connectivity index (χ3n) is 4.49. The summed E-state index contributed by atoms with van der Waals surface area (Å²) in [5.41, 5.74) is 11.1. The Morgan fingerprint density at radius 2 is 1.90 bits per heavy atom. The molecule has 2 heteroatoms. The molecule has 20 heavy (non-hydrogen) atoms. The number of hydrogen-bond acceptors (Lipinski definition) is 2. The molecule has 104 valence electrons. The molecule has 2 aromatic carbocycles. The second-order valence-corrected chi connectivity index (χ2v) is 6.02. The molecule has 0 spiro atoms. The van der Waals surface area contributed by atoms with Gasteiger partial charge in [-0.25, -0.2) is 0 Å². The minimum atomic E-state index is -0.836. The van der Waals surface area contributed by atoms with E-state index in [0.717, 1.165) is 11.1 Å². The number of rotatable bonds is 2.